The van der Waals surface area contributed by atoms with Gasteiger partial charge in [-0.15, -0.1) is 0 Å². The molecule has 0 N–H and O–H groups in total. The Balaban J connectivity index is 1.73. The maximum Gasteiger partial charge on any atom is 0.143 e. The first kappa shape index (κ1) is 17.5. The number of pyridine rings is 1. The number of nitrogens with zero attached hydrogens (tertiary/aromatic N) is 1. The lowest BCUT2D eigenvalue weighted by atomic mass is 9.85. The standard InChI is InChI=1S/C26H27NO/c1-26(2,3)21-8-9-22-18(15-21)10-12-27-24(22)23-16-20(17-6-4-5-7-17)14-19-11-13-28-25(19)23/h8-17H,4-7H2,1-3H3. The van der Waals surface area contributed by atoms with E-state index in [-0.39, 0.29) is 5.41 Å². The van der Waals surface area contributed by atoms with Crippen molar-refractivity contribution in [2.75, 3.05) is 0 Å². The van der Waals surface area contributed by atoms with E-state index in [2.05, 4.69) is 63.2 Å². The fraction of sp³-hybridized carbons (Fsp3) is 0.346. The van der Waals surface area contributed by atoms with Crippen molar-refractivity contribution in [3.63, 3.8) is 0 Å². The van der Waals surface area contributed by atoms with Crippen LogP contribution in [0.3, 0.4) is 0 Å². The third kappa shape index (κ3) is 2.92. The molecule has 2 heteroatoms. The fourth-order valence-corrected chi connectivity index (χ4v) is 4.63. The van der Waals surface area contributed by atoms with E-state index < -0.39 is 0 Å². The van der Waals surface area contributed by atoms with Crippen molar-refractivity contribution >= 4 is 21.7 Å². The maximum atomic E-state index is 5.91. The largest absolute Gasteiger partial charge is 0.464 e. The van der Waals surface area contributed by atoms with Gasteiger partial charge in [0.1, 0.15) is 5.58 Å². The molecule has 0 radical (unpaired) electrons. The molecule has 0 amide bonds. The van der Waals surface area contributed by atoms with Crippen molar-refractivity contribution in [2.45, 2.75) is 57.8 Å². The van der Waals surface area contributed by atoms with E-state index in [9.17, 15) is 0 Å². The summed E-state index contributed by atoms with van der Waals surface area (Å²) in [5.74, 6) is 0.667. The van der Waals surface area contributed by atoms with Crippen LogP contribution in [-0.4, -0.2) is 4.98 Å². The van der Waals surface area contributed by atoms with Crippen LogP contribution in [0.15, 0.2) is 59.3 Å². The monoisotopic (exact) mass is 369 g/mol. The van der Waals surface area contributed by atoms with E-state index >= 15 is 0 Å². The molecule has 0 aliphatic heterocycles. The molecule has 1 aliphatic carbocycles. The third-order valence-electron chi connectivity index (χ3n) is 6.29. The highest BCUT2D eigenvalue weighted by molar-refractivity contribution is 6.02. The second-order valence-electron chi connectivity index (χ2n) is 9.23. The summed E-state index contributed by atoms with van der Waals surface area (Å²) in [6, 6.07) is 15.6. The Kier molecular flexibility index (Phi) is 4.04. The fourth-order valence-electron chi connectivity index (χ4n) is 4.63. The van der Waals surface area contributed by atoms with E-state index in [1.165, 1.54) is 53.0 Å². The van der Waals surface area contributed by atoms with Crippen molar-refractivity contribution in [2.24, 2.45) is 0 Å². The molecule has 28 heavy (non-hydrogen) atoms. The van der Waals surface area contributed by atoms with Gasteiger partial charge >= 0.3 is 0 Å². The molecule has 1 aliphatic rings. The molecule has 0 bridgehead atoms. The van der Waals surface area contributed by atoms with Crippen LogP contribution in [0.5, 0.6) is 0 Å². The van der Waals surface area contributed by atoms with Gasteiger partial charge in [-0.2, -0.15) is 0 Å². The zero-order chi connectivity index (χ0) is 19.3. The minimum absolute atomic E-state index is 0.133. The predicted octanol–water partition coefficient (Wildman–Crippen LogP) is 7.60. The van der Waals surface area contributed by atoms with E-state index in [0.717, 1.165) is 16.8 Å². The van der Waals surface area contributed by atoms with E-state index in [4.69, 9.17) is 9.40 Å². The highest BCUT2D eigenvalue weighted by Gasteiger charge is 2.21. The minimum atomic E-state index is 0.133. The average Bonchev–Trinajstić information content (AvgIpc) is 3.37. The lowest BCUT2D eigenvalue weighted by Gasteiger charge is -2.20. The molecule has 1 saturated carbocycles. The Morgan fingerprint density at radius 3 is 2.54 bits per heavy atom. The second kappa shape index (κ2) is 6.48. The molecule has 2 heterocycles. The van der Waals surface area contributed by atoms with E-state index in [1.807, 2.05) is 6.20 Å². The van der Waals surface area contributed by atoms with Crippen LogP contribution >= 0.6 is 0 Å². The topological polar surface area (TPSA) is 26.0 Å². The SMILES string of the molecule is CC(C)(C)c1ccc2c(-c3cc(C4CCCC4)cc4ccoc34)nccc2c1. The van der Waals surface area contributed by atoms with Crippen LogP contribution in [0.1, 0.15) is 63.5 Å². The van der Waals surface area contributed by atoms with Crippen LogP contribution < -0.4 is 0 Å². The number of aromatic nitrogens is 1. The molecule has 0 spiro atoms. The van der Waals surface area contributed by atoms with Crippen LogP contribution in [-0.2, 0) is 5.41 Å². The van der Waals surface area contributed by atoms with Gasteiger partial charge in [0.25, 0.3) is 0 Å². The van der Waals surface area contributed by atoms with Gasteiger partial charge in [0, 0.05) is 22.5 Å². The maximum absolute atomic E-state index is 5.91. The van der Waals surface area contributed by atoms with Gasteiger partial charge in [0.15, 0.2) is 0 Å². The van der Waals surface area contributed by atoms with E-state index in [0.29, 0.717) is 5.92 Å². The third-order valence-corrected chi connectivity index (χ3v) is 6.29. The Morgan fingerprint density at radius 2 is 1.75 bits per heavy atom. The molecule has 2 aromatic carbocycles. The smallest absolute Gasteiger partial charge is 0.143 e. The van der Waals surface area contributed by atoms with Gasteiger partial charge in [0.2, 0.25) is 0 Å². The summed E-state index contributed by atoms with van der Waals surface area (Å²) in [7, 11) is 0. The van der Waals surface area contributed by atoms with E-state index in [1.54, 1.807) is 6.26 Å². The average molecular weight is 370 g/mol. The lowest BCUT2D eigenvalue weighted by molar-refractivity contribution is 0.591. The lowest BCUT2D eigenvalue weighted by Crippen LogP contribution is -2.10. The highest BCUT2D eigenvalue weighted by atomic mass is 16.3. The first-order chi connectivity index (χ1) is 13.5. The Hall–Kier alpha value is -2.61. The molecule has 4 aromatic rings. The van der Waals surface area contributed by atoms with Crippen LogP contribution in [0.4, 0.5) is 0 Å². The number of hydrogen-bond donors (Lipinski definition) is 0. The van der Waals surface area contributed by atoms with Crippen LogP contribution in [0.2, 0.25) is 0 Å². The Morgan fingerprint density at radius 1 is 0.929 bits per heavy atom. The first-order valence-electron chi connectivity index (χ1n) is 10.4. The molecule has 0 saturated heterocycles. The summed E-state index contributed by atoms with van der Waals surface area (Å²) >= 11 is 0. The molecule has 0 unspecified atom stereocenters. The zero-order valence-electron chi connectivity index (χ0n) is 17.0. The Labute approximate surface area is 166 Å². The number of rotatable bonds is 2. The molecule has 0 atom stereocenters. The molecule has 2 nitrogen and oxygen atoms in total. The molecule has 5 rings (SSSR count). The minimum Gasteiger partial charge on any atom is -0.464 e. The van der Waals surface area contributed by atoms with Gasteiger partial charge in [-0.25, -0.2) is 0 Å². The van der Waals surface area contributed by atoms with Crippen molar-refractivity contribution in [1.82, 2.24) is 4.98 Å². The number of furan rings is 1. The van der Waals surface area contributed by atoms with Gasteiger partial charge in [0.05, 0.1) is 12.0 Å². The molecular weight excluding hydrogens is 342 g/mol. The summed E-state index contributed by atoms with van der Waals surface area (Å²) in [5.41, 5.74) is 6.01. The quantitative estimate of drug-likeness (QED) is 0.363. The molecule has 142 valence electrons. The highest BCUT2D eigenvalue weighted by Crippen LogP contribution is 2.40. The number of fused-ring (bicyclic) bond motifs is 2. The van der Waals surface area contributed by atoms with Crippen LogP contribution in [0.25, 0.3) is 33.0 Å². The second-order valence-corrected chi connectivity index (χ2v) is 9.23. The predicted molar refractivity (Wildman–Crippen MR) is 117 cm³/mol. The van der Waals surface area contributed by atoms with Crippen molar-refractivity contribution in [1.29, 1.82) is 0 Å². The Bertz CT molecular complexity index is 1160. The number of benzene rings is 2. The molecule has 2 aromatic heterocycles. The normalized spacial score (nSPS) is 15.7. The molecule has 1 fully saturated rings. The van der Waals surface area contributed by atoms with Gasteiger partial charge in [-0.05, 0) is 65.0 Å². The van der Waals surface area contributed by atoms with Gasteiger partial charge in [-0.3, -0.25) is 4.98 Å². The summed E-state index contributed by atoms with van der Waals surface area (Å²) in [6.07, 6.45) is 9.00. The first-order valence-corrected chi connectivity index (χ1v) is 10.4. The number of hydrogen-bond acceptors (Lipinski definition) is 2. The van der Waals surface area contributed by atoms with Crippen molar-refractivity contribution < 1.29 is 4.42 Å². The summed E-state index contributed by atoms with van der Waals surface area (Å²) < 4.78 is 5.91. The van der Waals surface area contributed by atoms with Crippen LogP contribution in [0, 0.1) is 0 Å². The summed E-state index contributed by atoms with van der Waals surface area (Å²) in [5, 5.41) is 3.62. The zero-order valence-corrected chi connectivity index (χ0v) is 17.0. The van der Waals surface area contributed by atoms with Crippen molar-refractivity contribution in [3.8, 4) is 11.3 Å². The van der Waals surface area contributed by atoms with Gasteiger partial charge < -0.3 is 4.42 Å². The van der Waals surface area contributed by atoms with Gasteiger partial charge in [-0.1, -0.05) is 51.8 Å². The van der Waals surface area contributed by atoms with Crippen molar-refractivity contribution in [3.05, 3.63) is 66.1 Å². The summed E-state index contributed by atoms with van der Waals surface area (Å²) in [4.78, 5) is 4.81. The molecular formula is C26H27NO. The summed E-state index contributed by atoms with van der Waals surface area (Å²) in [6.45, 7) is 6.77.